The highest BCUT2D eigenvalue weighted by molar-refractivity contribution is 6.33. The Bertz CT molecular complexity index is 643. The van der Waals surface area contributed by atoms with Crippen LogP contribution in [0.3, 0.4) is 0 Å². The fourth-order valence-corrected chi connectivity index (χ4v) is 3.64. The number of rotatable bonds is 6. The first kappa shape index (κ1) is 20.1. The van der Waals surface area contributed by atoms with Gasteiger partial charge >= 0.3 is 0 Å². The highest BCUT2D eigenvalue weighted by Gasteiger charge is 2.21. The molecular weight excluding hydrogens is 366 g/mol. The van der Waals surface area contributed by atoms with Gasteiger partial charge in [-0.05, 0) is 12.1 Å². The number of hydrogen-bond acceptors (Lipinski definition) is 5. The molecule has 0 unspecified atom stereocenters. The molecule has 2 aliphatic heterocycles. The molecule has 1 aromatic rings. The lowest BCUT2D eigenvalue weighted by Crippen LogP contribution is -2.50. The molecule has 0 saturated carbocycles. The third-order valence-electron chi connectivity index (χ3n) is 5.09. The number of carbonyl (C=O) groups excluding carboxylic acids is 2. The van der Waals surface area contributed by atoms with E-state index in [1.54, 1.807) is 12.1 Å². The van der Waals surface area contributed by atoms with Gasteiger partial charge in [-0.15, -0.1) is 0 Å². The number of carbonyl (C=O) groups is 2. The van der Waals surface area contributed by atoms with Gasteiger partial charge in [-0.3, -0.25) is 14.5 Å². The molecule has 1 aromatic carbocycles. The maximum absolute atomic E-state index is 12.2. The Morgan fingerprint density at radius 2 is 1.67 bits per heavy atom. The van der Waals surface area contributed by atoms with Crippen molar-refractivity contribution < 1.29 is 9.59 Å². The van der Waals surface area contributed by atoms with Crippen LogP contribution in [-0.2, 0) is 9.59 Å². The van der Waals surface area contributed by atoms with Crippen LogP contribution in [0.1, 0.15) is 6.42 Å². The van der Waals surface area contributed by atoms with Crippen molar-refractivity contribution in [2.24, 2.45) is 0 Å². The zero-order chi connectivity index (χ0) is 19.1. The minimum Gasteiger partial charge on any atom is -0.340 e. The third kappa shape index (κ3) is 6.17. The fourth-order valence-electron chi connectivity index (χ4n) is 3.45. The monoisotopic (exact) mass is 393 g/mol. The van der Waals surface area contributed by atoms with Gasteiger partial charge in [0.15, 0.2) is 0 Å². The van der Waals surface area contributed by atoms with Gasteiger partial charge in [-0.2, -0.15) is 0 Å². The molecule has 2 aliphatic rings. The molecule has 8 heteroatoms. The molecule has 0 bridgehead atoms. The standard InChI is InChI=1S/C19H28ClN5O2/c20-16-3-1-2-4-17(16)22-18(26)15-24-13-11-23(12-14-24)8-5-19(27)25-9-6-21-7-10-25/h1-4,21H,5-15H2,(H,22,26). The largest absolute Gasteiger partial charge is 0.340 e. The van der Waals surface area contributed by atoms with E-state index >= 15 is 0 Å². The highest BCUT2D eigenvalue weighted by atomic mass is 35.5. The van der Waals surface area contributed by atoms with Gasteiger partial charge in [0.05, 0.1) is 17.3 Å². The first-order chi connectivity index (χ1) is 13.1. The third-order valence-corrected chi connectivity index (χ3v) is 5.42. The molecule has 0 radical (unpaired) electrons. The Hall–Kier alpha value is -1.67. The number of amides is 2. The van der Waals surface area contributed by atoms with Crippen LogP contribution in [0.25, 0.3) is 0 Å². The quantitative estimate of drug-likeness (QED) is 0.745. The molecule has 0 aliphatic carbocycles. The summed E-state index contributed by atoms with van der Waals surface area (Å²) in [6, 6.07) is 7.25. The topological polar surface area (TPSA) is 67.9 Å². The summed E-state index contributed by atoms with van der Waals surface area (Å²) >= 11 is 6.08. The molecule has 2 heterocycles. The van der Waals surface area contributed by atoms with E-state index in [9.17, 15) is 9.59 Å². The Morgan fingerprint density at radius 1 is 1.00 bits per heavy atom. The lowest BCUT2D eigenvalue weighted by Gasteiger charge is -2.35. The number of benzene rings is 1. The molecule has 0 atom stereocenters. The lowest BCUT2D eigenvalue weighted by molar-refractivity contribution is -0.132. The normalized spacial score (nSPS) is 19.1. The lowest BCUT2D eigenvalue weighted by atomic mass is 10.2. The average molecular weight is 394 g/mol. The van der Waals surface area contributed by atoms with E-state index in [0.29, 0.717) is 23.7 Å². The van der Waals surface area contributed by atoms with Crippen molar-refractivity contribution in [2.75, 3.05) is 70.8 Å². The molecule has 0 aromatic heterocycles. The van der Waals surface area contributed by atoms with E-state index in [0.717, 1.165) is 58.9 Å². The summed E-state index contributed by atoms with van der Waals surface area (Å²) in [7, 11) is 0. The van der Waals surface area contributed by atoms with Crippen molar-refractivity contribution in [1.82, 2.24) is 20.0 Å². The minimum absolute atomic E-state index is 0.0505. The van der Waals surface area contributed by atoms with Gasteiger partial charge in [0.2, 0.25) is 11.8 Å². The average Bonchev–Trinajstić information content (AvgIpc) is 2.69. The summed E-state index contributed by atoms with van der Waals surface area (Å²) in [6.07, 6.45) is 0.576. The molecule has 3 rings (SSSR count). The molecule has 0 spiro atoms. The summed E-state index contributed by atoms with van der Waals surface area (Å²) in [5.41, 5.74) is 0.647. The highest BCUT2D eigenvalue weighted by Crippen LogP contribution is 2.20. The molecule has 2 fully saturated rings. The Morgan fingerprint density at radius 3 is 2.37 bits per heavy atom. The van der Waals surface area contributed by atoms with Crippen LogP contribution >= 0.6 is 11.6 Å². The van der Waals surface area contributed by atoms with Crippen LogP contribution in [0.15, 0.2) is 24.3 Å². The van der Waals surface area contributed by atoms with E-state index in [1.807, 2.05) is 17.0 Å². The van der Waals surface area contributed by atoms with Gasteiger partial charge in [-0.25, -0.2) is 0 Å². The second kappa shape index (κ2) is 10.0. The molecular formula is C19H28ClN5O2. The van der Waals surface area contributed by atoms with Crippen LogP contribution in [0.5, 0.6) is 0 Å². The van der Waals surface area contributed by atoms with Gasteiger partial charge in [-0.1, -0.05) is 23.7 Å². The second-order valence-corrected chi connectivity index (χ2v) is 7.43. The maximum Gasteiger partial charge on any atom is 0.238 e. The maximum atomic E-state index is 12.2. The fraction of sp³-hybridized carbons (Fsp3) is 0.579. The van der Waals surface area contributed by atoms with Crippen molar-refractivity contribution in [2.45, 2.75) is 6.42 Å². The van der Waals surface area contributed by atoms with Gasteiger partial charge < -0.3 is 20.4 Å². The van der Waals surface area contributed by atoms with Crippen LogP contribution in [-0.4, -0.2) is 92.0 Å². The van der Waals surface area contributed by atoms with Gasteiger partial charge in [0.25, 0.3) is 0 Å². The second-order valence-electron chi connectivity index (χ2n) is 7.03. The van der Waals surface area contributed by atoms with Crippen LogP contribution in [0.2, 0.25) is 5.02 Å². The number of nitrogens with one attached hydrogen (secondary N) is 2. The van der Waals surface area contributed by atoms with Gasteiger partial charge in [0, 0.05) is 65.3 Å². The molecule has 2 N–H and O–H groups in total. The van der Waals surface area contributed by atoms with E-state index in [-0.39, 0.29) is 11.8 Å². The number of hydrogen-bond donors (Lipinski definition) is 2. The zero-order valence-electron chi connectivity index (χ0n) is 15.6. The molecule has 27 heavy (non-hydrogen) atoms. The van der Waals surface area contributed by atoms with Crippen LogP contribution in [0, 0.1) is 0 Å². The van der Waals surface area contributed by atoms with E-state index in [2.05, 4.69) is 20.4 Å². The number of piperazine rings is 2. The summed E-state index contributed by atoms with van der Waals surface area (Å²) in [5, 5.41) is 6.67. The Kier molecular flexibility index (Phi) is 7.46. The SMILES string of the molecule is O=C(CN1CCN(CCC(=O)N2CCNCC2)CC1)Nc1ccccc1Cl. The van der Waals surface area contributed by atoms with Crippen molar-refractivity contribution >= 4 is 29.1 Å². The van der Waals surface area contributed by atoms with E-state index < -0.39 is 0 Å². The Balaban J connectivity index is 1.34. The van der Waals surface area contributed by atoms with Crippen molar-refractivity contribution in [3.05, 3.63) is 29.3 Å². The molecule has 2 saturated heterocycles. The van der Waals surface area contributed by atoms with Crippen molar-refractivity contribution in [1.29, 1.82) is 0 Å². The number of nitrogens with zero attached hydrogens (tertiary/aromatic N) is 3. The molecule has 148 valence electrons. The first-order valence-electron chi connectivity index (χ1n) is 9.59. The smallest absolute Gasteiger partial charge is 0.238 e. The first-order valence-corrected chi connectivity index (χ1v) is 9.97. The predicted octanol–water partition coefficient (Wildman–Crippen LogP) is 0.718. The van der Waals surface area contributed by atoms with Crippen LogP contribution in [0.4, 0.5) is 5.69 Å². The summed E-state index contributed by atoms with van der Waals surface area (Å²) in [4.78, 5) is 30.9. The minimum atomic E-state index is -0.0505. The van der Waals surface area contributed by atoms with Gasteiger partial charge in [0.1, 0.15) is 0 Å². The van der Waals surface area contributed by atoms with Crippen molar-refractivity contribution in [3.8, 4) is 0 Å². The Labute approximate surface area is 165 Å². The zero-order valence-corrected chi connectivity index (χ0v) is 16.4. The summed E-state index contributed by atoms with van der Waals surface area (Å²) < 4.78 is 0. The number of halogens is 1. The number of anilines is 1. The van der Waals surface area contributed by atoms with Crippen molar-refractivity contribution in [3.63, 3.8) is 0 Å². The predicted molar refractivity (Wildman–Crippen MR) is 107 cm³/mol. The van der Waals surface area contributed by atoms with Crippen LogP contribution < -0.4 is 10.6 Å². The summed E-state index contributed by atoms with van der Waals surface area (Å²) in [6.45, 7) is 7.99. The molecule has 7 nitrogen and oxygen atoms in total. The number of para-hydroxylation sites is 1. The molecule has 2 amide bonds. The summed E-state index contributed by atoms with van der Waals surface area (Å²) in [5.74, 6) is 0.198. The van der Waals surface area contributed by atoms with E-state index in [1.165, 1.54) is 0 Å². The van der Waals surface area contributed by atoms with E-state index in [4.69, 9.17) is 11.6 Å².